The number of hydrogen-bond donors (Lipinski definition) is 4. The predicted octanol–water partition coefficient (Wildman–Crippen LogP) is 3.00. The minimum absolute atomic E-state index is 0.0410. The Hall–Kier alpha value is -3.91. The van der Waals surface area contributed by atoms with Crippen LogP contribution in [0.15, 0.2) is 65.7 Å². The van der Waals surface area contributed by atoms with Crippen LogP contribution in [0.2, 0.25) is 0 Å². The average molecular weight is 515 g/mol. The topological polar surface area (TPSA) is 126 Å². The first kappa shape index (κ1) is 27.1. The quantitative estimate of drug-likeness (QED) is 0.198. The van der Waals surface area contributed by atoms with Gasteiger partial charge in [0.05, 0.1) is 6.04 Å². The Morgan fingerprint density at radius 1 is 1.05 bits per heavy atom. The Morgan fingerprint density at radius 3 is 2.53 bits per heavy atom. The van der Waals surface area contributed by atoms with Gasteiger partial charge in [-0.05, 0) is 61.6 Å². The van der Waals surface area contributed by atoms with Gasteiger partial charge in [-0.2, -0.15) is 0 Å². The molecule has 4 rings (SSSR count). The highest BCUT2D eigenvalue weighted by atomic mass is 16.2. The van der Waals surface area contributed by atoms with E-state index < -0.39 is 0 Å². The van der Waals surface area contributed by atoms with E-state index in [1.165, 1.54) is 11.1 Å². The fraction of sp³-hybridized carbons (Fsp3) is 0.367. The highest BCUT2D eigenvalue weighted by Gasteiger charge is 2.30. The van der Waals surface area contributed by atoms with Crippen LogP contribution in [-0.2, 0) is 11.3 Å². The third-order valence-electron chi connectivity index (χ3n) is 6.92. The van der Waals surface area contributed by atoms with E-state index in [0.717, 1.165) is 22.8 Å². The normalized spacial score (nSPS) is 17.7. The predicted molar refractivity (Wildman–Crippen MR) is 153 cm³/mol. The van der Waals surface area contributed by atoms with E-state index in [-0.39, 0.29) is 29.9 Å². The minimum Gasteiger partial charge on any atom is -0.370 e. The number of fused-ring (bicyclic) bond motifs is 1. The number of carbonyl (C=O) groups excluding carboxylic acids is 2. The molecule has 1 aliphatic rings. The van der Waals surface area contributed by atoms with Crippen molar-refractivity contribution in [3.63, 3.8) is 0 Å². The van der Waals surface area contributed by atoms with E-state index in [9.17, 15) is 9.59 Å². The van der Waals surface area contributed by atoms with Gasteiger partial charge in [-0.1, -0.05) is 59.7 Å². The van der Waals surface area contributed by atoms with Crippen molar-refractivity contribution in [2.45, 2.75) is 51.7 Å². The van der Waals surface area contributed by atoms with Crippen LogP contribution < -0.4 is 22.1 Å². The molecule has 6 N–H and O–H groups in total. The van der Waals surface area contributed by atoms with E-state index in [1.807, 2.05) is 47.4 Å². The summed E-state index contributed by atoms with van der Waals surface area (Å²) in [4.78, 5) is 32.5. The zero-order valence-electron chi connectivity index (χ0n) is 22.2. The first-order valence-corrected chi connectivity index (χ1v) is 13.2. The van der Waals surface area contributed by atoms with Gasteiger partial charge in [0.2, 0.25) is 5.91 Å². The minimum atomic E-state index is -0.375. The standard InChI is InChI=1S/C30H38N6O2/c1-20-14-21(2)16-22(15-20)19-36-13-11-26(35-27(29(36)38)8-5-12-33-30(31)32)18-34-28(37)25-10-9-23-6-3-4-7-24(23)17-25/h3-4,6-7,9-10,14-17,26-27,35H,5,8,11-13,18-19H2,1-2H3,(H,34,37)(H4,31,32,33)/t26-,27-/m1/s1. The van der Waals surface area contributed by atoms with Crippen molar-refractivity contribution >= 4 is 28.5 Å². The van der Waals surface area contributed by atoms with Gasteiger partial charge in [-0.3, -0.25) is 14.6 Å². The van der Waals surface area contributed by atoms with Crippen LogP contribution in [0.4, 0.5) is 0 Å². The molecule has 1 saturated heterocycles. The van der Waals surface area contributed by atoms with E-state index in [0.29, 0.717) is 44.6 Å². The van der Waals surface area contributed by atoms with Gasteiger partial charge in [0.1, 0.15) is 0 Å². The van der Waals surface area contributed by atoms with Crippen molar-refractivity contribution in [2.24, 2.45) is 16.5 Å². The summed E-state index contributed by atoms with van der Waals surface area (Å²) < 4.78 is 0. The van der Waals surface area contributed by atoms with E-state index in [2.05, 4.69) is 47.7 Å². The molecule has 3 aromatic carbocycles. The Bertz CT molecular complexity index is 1300. The van der Waals surface area contributed by atoms with E-state index >= 15 is 0 Å². The van der Waals surface area contributed by atoms with E-state index in [4.69, 9.17) is 11.5 Å². The molecule has 1 fully saturated rings. The highest BCUT2D eigenvalue weighted by molar-refractivity contribution is 5.98. The highest BCUT2D eigenvalue weighted by Crippen LogP contribution is 2.18. The molecule has 1 heterocycles. The Labute approximate surface area is 224 Å². The van der Waals surface area contributed by atoms with Gasteiger partial charge in [-0.25, -0.2) is 0 Å². The smallest absolute Gasteiger partial charge is 0.251 e. The maximum atomic E-state index is 13.6. The Balaban J connectivity index is 1.44. The third kappa shape index (κ3) is 7.32. The first-order chi connectivity index (χ1) is 18.3. The molecule has 1 aliphatic heterocycles. The van der Waals surface area contributed by atoms with Crippen molar-refractivity contribution in [2.75, 3.05) is 19.6 Å². The number of amides is 2. The fourth-order valence-electron chi connectivity index (χ4n) is 5.14. The first-order valence-electron chi connectivity index (χ1n) is 13.2. The van der Waals surface area contributed by atoms with Gasteiger partial charge in [0.25, 0.3) is 5.91 Å². The lowest BCUT2D eigenvalue weighted by Gasteiger charge is -2.25. The number of aryl methyl sites for hydroxylation is 2. The number of rotatable bonds is 9. The van der Waals surface area contributed by atoms with Gasteiger partial charge in [-0.15, -0.1) is 0 Å². The van der Waals surface area contributed by atoms with Crippen LogP contribution in [0.25, 0.3) is 10.8 Å². The monoisotopic (exact) mass is 514 g/mol. The lowest BCUT2D eigenvalue weighted by molar-refractivity contribution is -0.133. The molecular formula is C30H38N6O2. The molecule has 0 bridgehead atoms. The molecule has 0 aromatic heterocycles. The van der Waals surface area contributed by atoms with Crippen LogP contribution in [0.5, 0.6) is 0 Å². The maximum absolute atomic E-state index is 13.6. The maximum Gasteiger partial charge on any atom is 0.251 e. The third-order valence-corrected chi connectivity index (χ3v) is 6.92. The van der Waals surface area contributed by atoms with Crippen molar-refractivity contribution in [1.82, 2.24) is 15.5 Å². The van der Waals surface area contributed by atoms with Crippen molar-refractivity contribution in [3.05, 3.63) is 82.9 Å². The molecular weight excluding hydrogens is 476 g/mol. The number of nitrogens with zero attached hydrogens (tertiary/aromatic N) is 2. The SMILES string of the molecule is Cc1cc(C)cc(CN2CC[C@H](CNC(=O)c3ccc4ccccc4c3)N[C@H](CCCN=C(N)N)C2=O)c1. The summed E-state index contributed by atoms with van der Waals surface area (Å²) in [7, 11) is 0. The van der Waals surface area contributed by atoms with Gasteiger partial charge >= 0.3 is 0 Å². The van der Waals surface area contributed by atoms with Crippen LogP contribution >= 0.6 is 0 Å². The fourth-order valence-corrected chi connectivity index (χ4v) is 5.14. The molecule has 8 heteroatoms. The van der Waals surface area contributed by atoms with Gasteiger partial charge in [0, 0.05) is 37.8 Å². The number of hydrogen-bond acceptors (Lipinski definition) is 4. The van der Waals surface area contributed by atoms with Crippen LogP contribution in [0.3, 0.4) is 0 Å². The second kappa shape index (κ2) is 12.6. The van der Waals surface area contributed by atoms with Crippen molar-refractivity contribution in [3.8, 4) is 0 Å². The molecule has 8 nitrogen and oxygen atoms in total. The number of carbonyl (C=O) groups is 2. The molecule has 38 heavy (non-hydrogen) atoms. The average Bonchev–Trinajstić information content (AvgIpc) is 3.03. The second-order valence-corrected chi connectivity index (χ2v) is 10.2. The summed E-state index contributed by atoms with van der Waals surface area (Å²) >= 11 is 0. The zero-order valence-corrected chi connectivity index (χ0v) is 22.2. The summed E-state index contributed by atoms with van der Waals surface area (Å²) in [5, 5.41) is 8.71. The second-order valence-electron chi connectivity index (χ2n) is 10.2. The number of aliphatic imine (C=N–C) groups is 1. The summed E-state index contributed by atoms with van der Waals surface area (Å²) in [6.45, 7) is 6.21. The van der Waals surface area contributed by atoms with Gasteiger partial charge in [0.15, 0.2) is 5.96 Å². The molecule has 200 valence electrons. The molecule has 0 unspecified atom stereocenters. The molecule has 0 radical (unpaired) electrons. The summed E-state index contributed by atoms with van der Waals surface area (Å²) in [5.74, 6) is -0.00221. The molecule has 0 aliphatic carbocycles. The van der Waals surface area contributed by atoms with Crippen LogP contribution in [-0.4, -0.2) is 54.4 Å². The molecule has 2 amide bonds. The summed E-state index contributed by atoms with van der Waals surface area (Å²) in [6.07, 6.45) is 2.02. The summed E-state index contributed by atoms with van der Waals surface area (Å²) in [5.41, 5.74) is 15.0. The van der Waals surface area contributed by atoms with Crippen LogP contribution in [0.1, 0.15) is 46.3 Å². The Morgan fingerprint density at radius 2 is 1.79 bits per heavy atom. The summed E-state index contributed by atoms with van der Waals surface area (Å²) in [6, 6.07) is 19.7. The lowest BCUT2D eigenvalue weighted by atomic mass is 10.1. The largest absolute Gasteiger partial charge is 0.370 e. The van der Waals surface area contributed by atoms with Crippen molar-refractivity contribution < 1.29 is 9.59 Å². The number of nitrogens with one attached hydrogen (secondary N) is 2. The molecule has 0 spiro atoms. The van der Waals surface area contributed by atoms with Crippen molar-refractivity contribution in [1.29, 1.82) is 0 Å². The van der Waals surface area contributed by atoms with Gasteiger partial charge < -0.3 is 27.0 Å². The zero-order chi connectivity index (χ0) is 27.1. The Kier molecular flexibility index (Phi) is 8.97. The van der Waals surface area contributed by atoms with Crippen LogP contribution in [0, 0.1) is 13.8 Å². The number of nitrogens with two attached hydrogens (primary N) is 2. The number of guanidine groups is 1. The number of benzene rings is 3. The lowest BCUT2D eigenvalue weighted by Crippen LogP contribution is -2.48. The molecule has 0 saturated carbocycles. The van der Waals surface area contributed by atoms with E-state index in [1.54, 1.807) is 0 Å². The molecule has 3 aromatic rings. The molecule has 2 atom stereocenters.